The highest BCUT2D eigenvalue weighted by Gasteiger charge is 2.37. The molecule has 21 heavy (non-hydrogen) atoms. The summed E-state index contributed by atoms with van der Waals surface area (Å²) in [6.07, 6.45) is 3.11. The monoisotopic (exact) mass is 299 g/mol. The quantitative estimate of drug-likeness (QED) is 0.925. The second kappa shape index (κ2) is 5.35. The lowest BCUT2D eigenvalue weighted by molar-refractivity contribution is 0.0269. The maximum atomic E-state index is 10.8. The molecule has 4 heteroatoms. The number of para-hydroxylation sites is 1. The Bertz CT molecular complexity index is 661. The summed E-state index contributed by atoms with van der Waals surface area (Å²) in [7, 11) is 0. The van der Waals surface area contributed by atoms with Crippen molar-refractivity contribution >= 4 is 11.8 Å². The summed E-state index contributed by atoms with van der Waals surface area (Å²) in [4.78, 5) is 5.64. The Kier molecular flexibility index (Phi) is 3.36. The molecule has 0 saturated carbocycles. The van der Waals surface area contributed by atoms with E-state index in [9.17, 15) is 5.11 Å². The standard InChI is InChI=1S/C17H17NO2S/c19-17(12-8-7-11-4-3-9-18-16(11)12)14-10-21-15-6-2-1-5-13(15)20-14/h1-6,9,12,14,17,19H,7-8,10H2. The number of hydrogen-bond acceptors (Lipinski definition) is 4. The molecule has 0 fully saturated rings. The first-order valence-electron chi connectivity index (χ1n) is 7.33. The van der Waals surface area contributed by atoms with Gasteiger partial charge in [-0.2, -0.15) is 0 Å². The Labute approximate surface area is 128 Å². The van der Waals surface area contributed by atoms with E-state index in [-0.39, 0.29) is 12.0 Å². The van der Waals surface area contributed by atoms with Gasteiger partial charge in [0, 0.05) is 28.5 Å². The molecule has 1 aromatic heterocycles. The van der Waals surface area contributed by atoms with Crippen molar-refractivity contribution in [3.05, 3.63) is 53.9 Å². The summed E-state index contributed by atoms with van der Waals surface area (Å²) in [6, 6.07) is 12.1. The Morgan fingerprint density at radius 1 is 1.24 bits per heavy atom. The highest BCUT2D eigenvalue weighted by atomic mass is 32.2. The van der Waals surface area contributed by atoms with Crippen molar-refractivity contribution < 1.29 is 9.84 Å². The zero-order chi connectivity index (χ0) is 14.2. The second-order valence-electron chi connectivity index (χ2n) is 5.60. The number of hydrogen-bond donors (Lipinski definition) is 1. The number of fused-ring (bicyclic) bond motifs is 2. The van der Waals surface area contributed by atoms with E-state index in [1.54, 1.807) is 11.8 Å². The van der Waals surface area contributed by atoms with Gasteiger partial charge >= 0.3 is 0 Å². The van der Waals surface area contributed by atoms with Gasteiger partial charge in [-0.05, 0) is 36.6 Å². The average Bonchev–Trinajstić information content (AvgIpc) is 2.98. The fraction of sp³-hybridized carbons (Fsp3) is 0.353. The van der Waals surface area contributed by atoms with E-state index in [0.29, 0.717) is 0 Å². The summed E-state index contributed by atoms with van der Waals surface area (Å²) in [5.74, 6) is 1.77. The molecule has 3 atom stereocenters. The number of rotatable bonds is 2. The SMILES string of the molecule is OC(C1CSc2ccccc2O1)C1CCc2cccnc21. The van der Waals surface area contributed by atoms with Crippen LogP contribution < -0.4 is 4.74 Å². The molecule has 3 nitrogen and oxygen atoms in total. The van der Waals surface area contributed by atoms with Crippen molar-refractivity contribution in [2.24, 2.45) is 0 Å². The van der Waals surface area contributed by atoms with Crippen molar-refractivity contribution in [1.82, 2.24) is 4.98 Å². The first-order valence-corrected chi connectivity index (χ1v) is 8.32. The van der Waals surface area contributed by atoms with Gasteiger partial charge in [0.2, 0.25) is 0 Å². The van der Waals surface area contributed by atoms with Crippen LogP contribution in [0.3, 0.4) is 0 Å². The molecule has 2 aromatic rings. The number of pyridine rings is 1. The number of aromatic nitrogens is 1. The first kappa shape index (κ1) is 13.2. The van der Waals surface area contributed by atoms with E-state index < -0.39 is 6.10 Å². The first-order chi connectivity index (χ1) is 10.3. The molecule has 1 aromatic carbocycles. The third kappa shape index (κ3) is 2.32. The molecule has 0 radical (unpaired) electrons. The van der Waals surface area contributed by atoms with Crippen LogP contribution in [0, 0.1) is 0 Å². The van der Waals surface area contributed by atoms with Crippen LogP contribution in [0.5, 0.6) is 5.75 Å². The molecule has 108 valence electrons. The molecule has 0 spiro atoms. The summed E-state index contributed by atoms with van der Waals surface area (Å²) < 4.78 is 6.02. The number of aryl methyl sites for hydroxylation is 1. The molecular formula is C17H17NO2S. The van der Waals surface area contributed by atoms with E-state index in [1.807, 2.05) is 30.5 Å². The molecule has 0 saturated heterocycles. The highest BCUT2D eigenvalue weighted by Crippen LogP contribution is 2.40. The summed E-state index contributed by atoms with van der Waals surface area (Å²) in [6.45, 7) is 0. The fourth-order valence-electron chi connectivity index (χ4n) is 3.24. The van der Waals surface area contributed by atoms with Crippen LogP contribution in [0.4, 0.5) is 0 Å². The number of benzene rings is 1. The zero-order valence-corrected chi connectivity index (χ0v) is 12.4. The lowest BCUT2D eigenvalue weighted by Crippen LogP contribution is -2.39. The van der Waals surface area contributed by atoms with Crippen LogP contribution >= 0.6 is 11.8 Å². The van der Waals surface area contributed by atoms with E-state index in [1.165, 1.54) is 5.56 Å². The normalized spacial score (nSPS) is 24.8. The van der Waals surface area contributed by atoms with Gasteiger partial charge in [0.05, 0.1) is 0 Å². The molecular weight excluding hydrogens is 282 g/mol. The predicted octanol–water partition coefficient (Wildman–Crippen LogP) is 3.03. The highest BCUT2D eigenvalue weighted by molar-refractivity contribution is 7.99. The summed E-state index contributed by atoms with van der Waals surface area (Å²) in [5.41, 5.74) is 2.32. The van der Waals surface area contributed by atoms with Crippen molar-refractivity contribution in [3.63, 3.8) is 0 Å². The van der Waals surface area contributed by atoms with E-state index in [0.717, 1.165) is 34.9 Å². The summed E-state index contributed by atoms with van der Waals surface area (Å²) in [5, 5.41) is 10.8. The zero-order valence-electron chi connectivity index (χ0n) is 11.6. The Morgan fingerprint density at radius 3 is 3.10 bits per heavy atom. The Morgan fingerprint density at radius 2 is 2.14 bits per heavy atom. The number of ether oxygens (including phenoxy) is 1. The molecule has 1 N–H and O–H groups in total. The average molecular weight is 299 g/mol. The Hall–Kier alpha value is -1.52. The Balaban J connectivity index is 1.56. The van der Waals surface area contributed by atoms with Crippen LogP contribution in [0.1, 0.15) is 23.6 Å². The van der Waals surface area contributed by atoms with Gasteiger partial charge in [-0.25, -0.2) is 0 Å². The number of thioether (sulfide) groups is 1. The minimum absolute atomic E-state index is 0.0945. The van der Waals surface area contributed by atoms with Gasteiger partial charge in [-0.15, -0.1) is 11.8 Å². The van der Waals surface area contributed by atoms with Crippen molar-refractivity contribution in [1.29, 1.82) is 0 Å². The number of nitrogens with zero attached hydrogens (tertiary/aromatic N) is 1. The smallest absolute Gasteiger partial charge is 0.135 e. The van der Waals surface area contributed by atoms with Gasteiger partial charge in [0.15, 0.2) is 0 Å². The van der Waals surface area contributed by atoms with Crippen LogP contribution in [0.2, 0.25) is 0 Å². The predicted molar refractivity (Wildman–Crippen MR) is 82.9 cm³/mol. The van der Waals surface area contributed by atoms with E-state index in [2.05, 4.69) is 17.1 Å². The lowest BCUT2D eigenvalue weighted by Gasteiger charge is -2.31. The molecule has 1 aliphatic heterocycles. The van der Waals surface area contributed by atoms with Gasteiger partial charge < -0.3 is 9.84 Å². The maximum absolute atomic E-state index is 10.8. The van der Waals surface area contributed by atoms with Crippen LogP contribution in [-0.4, -0.2) is 28.1 Å². The third-order valence-electron chi connectivity index (χ3n) is 4.33. The van der Waals surface area contributed by atoms with Crippen molar-refractivity contribution in [2.45, 2.75) is 35.9 Å². The molecule has 2 aliphatic rings. The molecule has 1 aliphatic carbocycles. The van der Waals surface area contributed by atoms with Crippen LogP contribution in [0.15, 0.2) is 47.5 Å². The summed E-state index contributed by atoms with van der Waals surface area (Å²) >= 11 is 1.76. The molecule has 3 unspecified atom stereocenters. The van der Waals surface area contributed by atoms with Crippen molar-refractivity contribution in [2.75, 3.05) is 5.75 Å². The molecule has 0 amide bonds. The number of aliphatic hydroxyl groups is 1. The minimum atomic E-state index is -0.498. The van der Waals surface area contributed by atoms with E-state index in [4.69, 9.17) is 4.74 Å². The minimum Gasteiger partial charge on any atom is -0.486 e. The lowest BCUT2D eigenvalue weighted by atomic mass is 9.95. The maximum Gasteiger partial charge on any atom is 0.135 e. The molecule has 4 rings (SSSR count). The number of aliphatic hydroxyl groups excluding tert-OH is 1. The fourth-order valence-corrected chi connectivity index (χ4v) is 4.28. The van der Waals surface area contributed by atoms with Gasteiger partial charge in [0.1, 0.15) is 18.0 Å². The van der Waals surface area contributed by atoms with Crippen molar-refractivity contribution in [3.8, 4) is 5.75 Å². The van der Waals surface area contributed by atoms with Crippen LogP contribution in [-0.2, 0) is 6.42 Å². The van der Waals surface area contributed by atoms with Crippen LogP contribution in [0.25, 0.3) is 0 Å². The largest absolute Gasteiger partial charge is 0.486 e. The third-order valence-corrected chi connectivity index (χ3v) is 5.47. The van der Waals surface area contributed by atoms with Gasteiger partial charge in [0.25, 0.3) is 0 Å². The van der Waals surface area contributed by atoms with E-state index >= 15 is 0 Å². The second-order valence-corrected chi connectivity index (χ2v) is 6.66. The topological polar surface area (TPSA) is 42.4 Å². The van der Waals surface area contributed by atoms with Gasteiger partial charge in [-0.3, -0.25) is 4.98 Å². The van der Waals surface area contributed by atoms with Gasteiger partial charge in [-0.1, -0.05) is 18.2 Å². The molecule has 2 heterocycles. The molecule has 0 bridgehead atoms.